The van der Waals surface area contributed by atoms with Crippen LogP contribution in [0.5, 0.6) is 0 Å². The van der Waals surface area contributed by atoms with Crippen molar-refractivity contribution in [3.8, 4) is 0 Å². The molecule has 0 aliphatic heterocycles. The Morgan fingerprint density at radius 3 is 0.480 bits per heavy atom. The zero-order valence-corrected chi connectivity index (χ0v) is 17.6. The molecule has 0 rings (SSSR count). The quantitative estimate of drug-likeness (QED) is 0.138. The molecule has 0 aromatic rings. The molecule has 0 saturated carbocycles. The average molecular weight is 381 g/mol. The van der Waals surface area contributed by atoms with E-state index < -0.39 is 0 Å². The van der Waals surface area contributed by atoms with Crippen LogP contribution in [0.1, 0.15) is 155 Å². The van der Waals surface area contributed by atoms with Gasteiger partial charge in [0.25, 0.3) is 0 Å². The van der Waals surface area contributed by atoms with Crippen molar-refractivity contribution in [3.05, 3.63) is 0 Å². The summed E-state index contributed by atoms with van der Waals surface area (Å²) < 4.78 is 0. The summed E-state index contributed by atoms with van der Waals surface area (Å²) in [6.45, 7) is 4.60. The van der Waals surface area contributed by atoms with Crippen molar-refractivity contribution < 1.29 is 0 Å². The van der Waals surface area contributed by atoms with E-state index in [1.54, 1.807) is 0 Å². The van der Waals surface area contributed by atoms with Gasteiger partial charge in [-0.25, -0.2) is 0 Å². The predicted molar refractivity (Wildman–Crippen MR) is 121 cm³/mol. The number of hydrogen-bond acceptors (Lipinski definition) is 0. The Balaban J connectivity index is 0. The van der Waals surface area contributed by atoms with E-state index in [0.717, 1.165) is 0 Å². The maximum absolute atomic E-state index is 2.30. The number of rotatable bonds is 21. The van der Waals surface area contributed by atoms with Gasteiger partial charge in [0.15, 0.2) is 0 Å². The molecule has 0 aliphatic carbocycles. The summed E-state index contributed by atoms with van der Waals surface area (Å²) in [5.41, 5.74) is 0. The van der Waals surface area contributed by atoms with Crippen molar-refractivity contribution in [1.29, 1.82) is 0 Å². The molecule has 0 amide bonds. The van der Waals surface area contributed by atoms with Crippen molar-refractivity contribution in [2.75, 3.05) is 0 Å². The first-order chi connectivity index (χ1) is 11.9. The molecule has 0 N–H and O–H groups in total. The van der Waals surface area contributed by atoms with Crippen molar-refractivity contribution in [3.63, 3.8) is 0 Å². The molecular weight excluding hydrogens is 328 g/mol. The molecule has 0 heterocycles. The number of hydrogen-bond donors (Lipinski definition) is 0. The van der Waals surface area contributed by atoms with E-state index >= 15 is 0 Å². The topological polar surface area (TPSA) is 0 Å². The van der Waals surface area contributed by atoms with Gasteiger partial charge >= 0.3 is 37.7 Å². The first kappa shape index (κ1) is 28.5. The van der Waals surface area contributed by atoms with Crippen LogP contribution < -0.4 is 0 Å². The van der Waals surface area contributed by atoms with Crippen LogP contribution in [-0.2, 0) is 0 Å². The fraction of sp³-hybridized carbons (Fsp3) is 1.00. The van der Waals surface area contributed by atoms with Gasteiger partial charge in [0.05, 0.1) is 0 Å². The zero-order chi connectivity index (χ0) is 17.6. The van der Waals surface area contributed by atoms with Crippen LogP contribution in [0, 0.1) is 0 Å². The molecule has 0 saturated heterocycles. The summed E-state index contributed by atoms with van der Waals surface area (Å²) >= 11 is 0. The van der Waals surface area contributed by atoms with E-state index in [0.29, 0.717) is 0 Å². The number of unbranched alkanes of at least 4 members (excludes halogenated alkanes) is 21. The van der Waals surface area contributed by atoms with Gasteiger partial charge in [0, 0.05) is 0 Å². The van der Waals surface area contributed by atoms with Crippen molar-refractivity contribution >= 4 is 37.7 Å². The molecule has 0 fully saturated rings. The third-order valence-electron chi connectivity index (χ3n) is 5.46. The van der Waals surface area contributed by atoms with Gasteiger partial charge in [-0.05, 0) is 0 Å². The van der Waals surface area contributed by atoms with Crippen LogP contribution >= 0.6 is 0 Å². The molecule has 150 valence electrons. The summed E-state index contributed by atoms with van der Waals surface area (Å²) in [6, 6.07) is 0. The second kappa shape index (κ2) is 27.5. The molecule has 0 spiro atoms. The Morgan fingerprint density at radius 2 is 0.360 bits per heavy atom. The molecule has 0 atom stereocenters. The van der Waals surface area contributed by atoms with Gasteiger partial charge in [-0.3, -0.25) is 0 Å². The van der Waals surface area contributed by atoms with Crippen LogP contribution in [-0.4, -0.2) is 37.7 Å². The normalized spacial score (nSPS) is 10.8. The third kappa shape index (κ3) is 27.6. The SMILES string of the molecule is CCCCCCCCCCCCCCCCCCCCCCCC.[CaH2]. The van der Waals surface area contributed by atoms with Crippen LogP contribution in [0.25, 0.3) is 0 Å². The van der Waals surface area contributed by atoms with Gasteiger partial charge < -0.3 is 0 Å². The predicted octanol–water partition coefficient (Wildman–Crippen LogP) is 8.69. The van der Waals surface area contributed by atoms with Crippen LogP contribution in [0.2, 0.25) is 0 Å². The fourth-order valence-corrected chi connectivity index (χ4v) is 3.68. The Kier molecular flexibility index (Phi) is 31.3. The molecule has 25 heavy (non-hydrogen) atoms. The maximum atomic E-state index is 2.30. The van der Waals surface area contributed by atoms with Gasteiger partial charge in [0.2, 0.25) is 0 Å². The summed E-state index contributed by atoms with van der Waals surface area (Å²) in [7, 11) is 0. The van der Waals surface area contributed by atoms with Crippen molar-refractivity contribution in [1.82, 2.24) is 0 Å². The van der Waals surface area contributed by atoms with E-state index in [2.05, 4.69) is 13.8 Å². The van der Waals surface area contributed by atoms with E-state index in [1.165, 1.54) is 141 Å². The molecule has 0 unspecified atom stereocenters. The summed E-state index contributed by atoms with van der Waals surface area (Å²) in [5, 5.41) is 0. The Bertz CT molecular complexity index is 180. The average Bonchev–Trinajstić information content (AvgIpc) is 2.60. The van der Waals surface area contributed by atoms with Gasteiger partial charge in [-0.2, -0.15) is 0 Å². The first-order valence-corrected chi connectivity index (χ1v) is 11.9. The Hall–Kier alpha value is 1.26. The molecule has 0 aromatic heterocycles. The summed E-state index contributed by atoms with van der Waals surface area (Å²) in [6.07, 6.45) is 32.4. The second-order valence-electron chi connectivity index (χ2n) is 8.07. The Morgan fingerprint density at radius 1 is 0.240 bits per heavy atom. The summed E-state index contributed by atoms with van der Waals surface area (Å²) in [5.74, 6) is 0. The van der Waals surface area contributed by atoms with E-state index in [1.807, 2.05) is 0 Å². The zero-order valence-electron chi connectivity index (χ0n) is 17.6. The van der Waals surface area contributed by atoms with Gasteiger partial charge in [-0.1, -0.05) is 155 Å². The van der Waals surface area contributed by atoms with E-state index in [-0.39, 0.29) is 37.7 Å². The van der Waals surface area contributed by atoms with Crippen molar-refractivity contribution in [2.24, 2.45) is 0 Å². The fourth-order valence-electron chi connectivity index (χ4n) is 3.68. The van der Waals surface area contributed by atoms with Crippen LogP contribution in [0.3, 0.4) is 0 Å². The first-order valence-electron chi connectivity index (χ1n) is 11.9. The van der Waals surface area contributed by atoms with Crippen LogP contribution in [0.4, 0.5) is 0 Å². The third-order valence-corrected chi connectivity index (χ3v) is 5.46. The molecule has 0 bridgehead atoms. The molecule has 0 nitrogen and oxygen atoms in total. The van der Waals surface area contributed by atoms with E-state index in [9.17, 15) is 0 Å². The molecule has 0 aliphatic rings. The molecule has 0 aromatic carbocycles. The molecular formula is C24H52Ca. The molecule has 0 radical (unpaired) electrons. The Labute approximate surface area is 191 Å². The van der Waals surface area contributed by atoms with E-state index in [4.69, 9.17) is 0 Å². The van der Waals surface area contributed by atoms with Crippen LogP contribution in [0.15, 0.2) is 0 Å². The second-order valence-corrected chi connectivity index (χ2v) is 8.07. The minimum absolute atomic E-state index is 0. The van der Waals surface area contributed by atoms with Crippen molar-refractivity contribution in [2.45, 2.75) is 155 Å². The standard InChI is InChI=1S/C24H50.Ca.2H/c1-3-5-7-9-11-13-15-17-19-21-23-24-22-20-18-16-14-12-10-8-6-4-2;;;/h3-24H2,1-2H3;;;. The minimum atomic E-state index is 0. The monoisotopic (exact) mass is 380 g/mol. The molecule has 1 heteroatoms. The van der Waals surface area contributed by atoms with Gasteiger partial charge in [-0.15, -0.1) is 0 Å². The van der Waals surface area contributed by atoms with Gasteiger partial charge in [0.1, 0.15) is 0 Å². The summed E-state index contributed by atoms with van der Waals surface area (Å²) in [4.78, 5) is 0.